The van der Waals surface area contributed by atoms with Crippen LogP contribution in [0.3, 0.4) is 0 Å². The molecule has 0 aliphatic carbocycles. The summed E-state index contributed by atoms with van der Waals surface area (Å²) < 4.78 is 0. The van der Waals surface area contributed by atoms with Crippen molar-refractivity contribution in [3.05, 3.63) is 11.6 Å². The first-order valence-corrected chi connectivity index (χ1v) is 4.08. The van der Waals surface area contributed by atoms with Crippen molar-refractivity contribution in [3.8, 4) is 0 Å². The molecule has 6 heteroatoms. The van der Waals surface area contributed by atoms with E-state index in [0.29, 0.717) is 12.2 Å². The number of carbonyl (C=O) groups excluding carboxylic acids is 1. The lowest BCUT2D eigenvalue weighted by Gasteiger charge is -1.96. The minimum atomic E-state index is -0.370. The molecule has 0 radical (unpaired) electrons. The Morgan fingerprint density at radius 2 is 2.46 bits per heavy atom. The lowest BCUT2D eigenvalue weighted by molar-refractivity contribution is 0.0934. The molecule has 3 N–H and O–H groups in total. The first-order valence-electron chi connectivity index (χ1n) is 4.08. The smallest absolute Gasteiger partial charge is 0.291 e. The molecule has 1 aromatic heterocycles. The topological polar surface area (TPSA) is 90.9 Å². The van der Waals surface area contributed by atoms with E-state index < -0.39 is 0 Å². The standard InChI is InChI=1S/C7H12N4O2/c1-2-5-9-6(11-10-5)7(13)8-3-4-12/h12H,2-4H2,1H3,(H,8,13)(H,9,10,11). The third-order valence-electron chi connectivity index (χ3n) is 1.47. The zero-order valence-corrected chi connectivity index (χ0v) is 7.37. The normalized spacial score (nSPS) is 10.0. The molecule has 0 fully saturated rings. The number of rotatable bonds is 4. The Kier molecular flexibility index (Phi) is 3.39. The van der Waals surface area contributed by atoms with E-state index in [1.165, 1.54) is 0 Å². The largest absolute Gasteiger partial charge is 0.395 e. The number of nitrogens with one attached hydrogen (secondary N) is 2. The number of amides is 1. The molecule has 0 spiro atoms. The van der Waals surface area contributed by atoms with Crippen LogP contribution in [0, 0.1) is 0 Å². The Hall–Kier alpha value is -1.43. The number of hydrogen-bond donors (Lipinski definition) is 3. The van der Waals surface area contributed by atoms with Gasteiger partial charge in [-0.2, -0.15) is 0 Å². The average molecular weight is 184 g/mol. The van der Waals surface area contributed by atoms with Crippen LogP contribution in [0.25, 0.3) is 0 Å². The Bertz CT molecular complexity index is 284. The van der Waals surface area contributed by atoms with Crippen molar-refractivity contribution in [1.29, 1.82) is 0 Å². The second kappa shape index (κ2) is 4.56. The molecule has 0 unspecified atom stereocenters. The fourth-order valence-electron chi connectivity index (χ4n) is 0.803. The second-order valence-electron chi connectivity index (χ2n) is 2.44. The second-order valence-corrected chi connectivity index (χ2v) is 2.44. The summed E-state index contributed by atoms with van der Waals surface area (Å²) in [5, 5.41) is 17.2. The van der Waals surface area contributed by atoms with Gasteiger partial charge in [-0.1, -0.05) is 6.92 Å². The molecule has 0 bridgehead atoms. The van der Waals surface area contributed by atoms with E-state index in [1.54, 1.807) is 0 Å². The summed E-state index contributed by atoms with van der Waals surface area (Å²) in [6, 6.07) is 0. The van der Waals surface area contributed by atoms with Gasteiger partial charge in [0.15, 0.2) is 0 Å². The third-order valence-corrected chi connectivity index (χ3v) is 1.47. The molecule has 1 aromatic rings. The Balaban J connectivity index is 2.55. The molecule has 0 aliphatic heterocycles. The summed E-state index contributed by atoms with van der Waals surface area (Å²) in [5.41, 5.74) is 0. The summed E-state index contributed by atoms with van der Waals surface area (Å²) in [5.74, 6) is 0.421. The van der Waals surface area contributed by atoms with E-state index in [2.05, 4.69) is 20.5 Å². The number of carbonyl (C=O) groups is 1. The molecule has 72 valence electrons. The monoisotopic (exact) mass is 184 g/mol. The van der Waals surface area contributed by atoms with Crippen molar-refractivity contribution in [2.24, 2.45) is 0 Å². The molecule has 0 aliphatic rings. The van der Waals surface area contributed by atoms with E-state index in [9.17, 15) is 4.79 Å². The number of nitrogens with zero attached hydrogens (tertiary/aromatic N) is 2. The van der Waals surface area contributed by atoms with Crippen molar-refractivity contribution in [2.45, 2.75) is 13.3 Å². The van der Waals surface area contributed by atoms with Crippen molar-refractivity contribution in [1.82, 2.24) is 20.5 Å². The van der Waals surface area contributed by atoms with E-state index in [1.807, 2.05) is 6.92 Å². The lowest BCUT2D eigenvalue weighted by atomic mass is 10.5. The Labute approximate surface area is 75.4 Å². The SMILES string of the molecule is CCc1nc(C(=O)NCCO)n[nH]1. The van der Waals surface area contributed by atoms with Crippen LogP contribution in [0.2, 0.25) is 0 Å². The molecular formula is C7H12N4O2. The molecule has 0 saturated heterocycles. The van der Waals surface area contributed by atoms with Gasteiger partial charge in [-0.05, 0) is 0 Å². The van der Waals surface area contributed by atoms with Crippen LogP contribution in [0.5, 0.6) is 0 Å². The van der Waals surface area contributed by atoms with Crippen LogP contribution in [0.15, 0.2) is 0 Å². The number of aryl methyl sites for hydroxylation is 1. The molecule has 1 rings (SSSR count). The lowest BCUT2D eigenvalue weighted by Crippen LogP contribution is -2.27. The van der Waals surface area contributed by atoms with Crippen LogP contribution in [0.4, 0.5) is 0 Å². The van der Waals surface area contributed by atoms with Gasteiger partial charge in [-0.15, -0.1) is 5.10 Å². The Morgan fingerprint density at radius 3 is 3.00 bits per heavy atom. The fourth-order valence-corrected chi connectivity index (χ4v) is 0.803. The van der Waals surface area contributed by atoms with E-state index >= 15 is 0 Å². The van der Waals surface area contributed by atoms with Gasteiger partial charge in [0, 0.05) is 13.0 Å². The fraction of sp³-hybridized carbons (Fsp3) is 0.571. The molecule has 0 saturated carbocycles. The predicted octanol–water partition coefficient (Wildman–Crippen LogP) is -0.911. The minimum Gasteiger partial charge on any atom is -0.395 e. The van der Waals surface area contributed by atoms with Gasteiger partial charge in [0.1, 0.15) is 5.82 Å². The molecule has 6 nitrogen and oxygen atoms in total. The first kappa shape index (κ1) is 9.66. The van der Waals surface area contributed by atoms with Gasteiger partial charge in [0.2, 0.25) is 5.82 Å². The van der Waals surface area contributed by atoms with Gasteiger partial charge < -0.3 is 10.4 Å². The molecule has 1 heterocycles. The number of aromatic amines is 1. The van der Waals surface area contributed by atoms with Gasteiger partial charge in [-0.25, -0.2) is 4.98 Å². The summed E-state index contributed by atoms with van der Waals surface area (Å²) >= 11 is 0. The van der Waals surface area contributed by atoms with Gasteiger partial charge in [0.25, 0.3) is 5.91 Å². The van der Waals surface area contributed by atoms with Crippen LogP contribution < -0.4 is 5.32 Å². The first-order chi connectivity index (χ1) is 6.27. The molecule has 0 aromatic carbocycles. The van der Waals surface area contributed by atoms with Crippen molar-refractivity contribution < 1.29 is 9.90 Å². The maximum Gasteiger partial charge on any atom is 0.291 e. The van der Waals surface area contributed by atoms with Crippen LogP contribution in [0.1, 0.15) is 23.4 Å². The Morgan fingerprint density at radius 1 is 1.69 bits per heavy atom. The highest BCUT2D eigenvalue weighted by Crippen LogP contribution is 1.92. The highest BCUT2D eigenvalue weighted by Gasteiger charge is 2.10. The highest BCUT2D eigenvalue weighted by atomic mass is 16.3. The average Bonchev–Trinajstić information content (AvgIpc) is 2.62. The van der Waals surface area contributed by atoms with Crippen molar-refractivity contribution >= 4 is 5.91 Å². The molecule has 0 atom stereocenters. The maximum absolute atomic E-state index is 11.2. The number of H-pyrrole nitrogens is 1. The molecule has 13 heavy (non-hydrogen) atoms. The minimum absolute atomic E-state index is 0.0865. The van der Waals surface area contributed by atoms with E-state index in [-0.39, 0.29) is 24.9 Å². The third kappa shape index (κ3) is 2.51. The van der Waals surface area contributed by atoms with E-state index in [0.717, 1.165) is 0 Å². The zero-order valence-electron chi connectivity index (χ0n) is 7.37. The molecule has 1 amide bonds. The maximum atomic E-state index is 11.2. The summed E-state index contributed by atoms with van der Waals surface area (Å²) in [6.45, 7) is 2.04. The number of hydrogen-bond acceptors (Lipinski definition) is 4. The van der Waals surface area contributed by atoms with Crippen molar-refractivity contribution in [3.63, 3.8) is 0 Å². The quantitative estimate of drug-likeness (QED) is 0.565. The van der Waals surface area contributed by atoms with Gasteiger partial charge in [0.05, 0.1) is 6.61 Å². The van der Waals surface area contributed by atoms with Crippen LogP contribution in [-0.4, -0.2) is 39.3 Å². The van der Waals surface area contributed by atoms with Crippen LogP contribution >= 0.6 is 0 Å². The van der Waals surface area contributed by atoms with E-state index in [4.69, 9.17) is 5.11 Å². The van der Waals surface area contributed by atoms with Crippen molar-refractivity contribution in [2.75, 3.05) is 13.2 Å². The number of aliphatic hydroxyl groups excluding tert-OH is 1. The highest BCUT2D eigenvalue weighted by molar-refractivity contribution is 5.90. The number of aromatic nitrogens is 3. The van der Waals surface area contributed by atoms with Gasteiger partial charge in [-0.3, -0.25) is 9.89 Å². The molecular weight excluding hydrogens is 172 g/mol. The van der Waals surface area contributed by atoms with Crippen LogP contribution in [-0.2, 0) is 6.42 Å². The summed E-state index contributed by atoms with van der Waals surface area (Å²) in [4.78, 5) is 15.1. The zero-order chi connectivity index (χ0) is 9.68. The summed E-state index contributed by atoms with van der Waals surface area (Å²) in [7, 11) is 0. The predicted molar refractivity (Wildman–Crippen MR) is 45.2 cm³/mol. The summed E-state index contributed by atoms with van der Waals surface area (Å²) in [6.07, 6.45) is 0.709. The number of aliphatic hydroxyl groups is 1. The van der Waals surface area contributed by atoms with Gasteiger partial charge >= 0.3 is 0 Å².